The molecule has 0 saturated heterocycles. The highest BCUT2D eigenvalue weighted by molar-refractivity contribution is 5.78. The Balaban J connectivity index is 3.06. The standard InChI is InChI=1S/C12H15N3O2/c1-7(2)10(12(16)17)15-11-9(6-13)8(3)4-5-14-11/h4-5,7,10H,1-3H3,(H,14,15)(H,16,17)/t10-/m0/s1. The number of rotatable bonds is 4. The molecule has 0 unspecified atom stereocenters. The van der Waals surface area contributed by atoms with Gasteiger partial charge < -0.3 is 10.4 Å². The van der Waals surface area contributed by atoms with E-state index in [1.807, 2.05) is 6.07 Å². The van der Waals surface area contributed by atoms with Crippen LogP contribution in [-0.4, -0.2) is 22.1 Å². The summed E-state index contributed by atoms with van der Waals surface area (Å²) in [6, 6.07) is 2.99. The van der Waals surface area contributed by atoms with Gasteiger partial charge in [0.1, 0.15) is 17.9 Å². The summed E-state index contributed by atoms with van der Waals surface area (Å²) in [5, 5.41) is 20.9. The fraction of sp³-hybridized carbons (Fsp3) is 0.417. The molecule has 0 spiro atoms. The number of carbonyl (C=O) groups is 1. The predicted molar refractivity (Wildman–Crippen MR) is 63.6 cm³/mol. The van der Waals surface area contributed by atoms with Gasteiger partial charge in [0, 0.05) is 6.20 Å². The molecule has 0 aliphatic carbocycles. The maximum absolute atomic E-state index is 11.1. The van der Waals surface area contributed by atoms with Crippen LogP contribution in [0.5, 0.6) is 0 Å². The molecule has 5 nitrogen and oxygen atoms in total. The number of carboxylic acids is 1. The van der Waals surface area contributed by atoms with E-state index in [-0.39, 0.29) is 5.92 Å². The third-order valence-electron chi connectivity index (χ3n) is 2.50. The Morgan fingerprint density at radius 3 is 2.71 bits per heavy atom. The van der Waals surface area contributed by atoms with Gasteiger partial charge in [-0.05, 0) is 24.5 Å². The molecule has 0 radical (unpaired) electrons. The van der Waals surface area contributed by atoms with Crippen LogP contribution in [0.1, 0.15) is 25.0 Å². The second-order valence-corrected chi connectivity index (χ2v) is 4.17. The zero-order chi connectivity index (χ0) is 13.0. The van der Waals surface area contributed by atoms with Gasteiger partial charge in [-0.25, -0.2) is 9.78 Å². The van der Waals surface area contributed by atoms with Crippen LogP contribution >= 0.6 is 0 Å². The van der Waals surface area contributed by atoms with Crippen LogP contribution in [0.25, 0.3) is 0 Å². The maximum Gasteiger partial charge on any atom is 0.326 e. The van der Waals surface area contributed by atoms with E-state index in [9.17, 15) is 4.79 Å². The number of anilines is 1. The number of hydrogen-bond acceptors (Lipinski definition) is 4. The second-order valence-electron chi connectivity index (χ2n) is 4.17. The molecular weight excluding hydrogens is 218 g/mol. The van der Waals surface area contributed by atoms with Crippen molar-refractivity contribution in [2.45, 2.75) is 26.8 Å². The molecule has 0 amide bonds. The molecule has 1 aromatic rings. The third kappa shape index (κ3) is 2.94. The number of aliphatic carboxylic acids is 1. The number of hydrogen-bond donors (Lipinski definition) is 2. The number of nitrogens with one attached hydrogen (secondary N) is 1. The Bertz CT molecular complexity index is 463. The Morgan fingerprint density at radius 1 is 1.59 bits per heavy atom. The van der Waals surface area contributed by atoms with E-state index < -0.39 is 12.0 Å². The van der Waals surface area contributed by atoms with E-state index in [4.69, 9.17) is 10.4 Å². The van der Waals surface area contributed by atoms with Crippen molar-refractivity contribution in [3.05, 3.63) is 23.4 Å². The van der Waals surface area contributed by atoms with E-state index in [1.54, 1.807) is 33.0 Å². The van der Waals surface area contributed by atoms with Crippen LogP contribution in [0.4, 0.5) is 5.82 Å². The Kier molecular flexibility index (Phi) is 4.05. The van der Waals surface area contributed by atoms with Crippen molar-refractivity contribution in [1.82, 2.24) is 4.98 Å². The van der Waals surface area contributed by atoms with Crippen molar-refractivity contribution in [3.8, 4) is 6.07 Å². The normalized spacial score (nSPS) is 11.9. The van der Waals surface area contributed by atoms with Crippen molar-refractivity contribution >= 4 is 11.8 Å². The average Bonchev–Trinajstić information content (AvgIpc) is 2.25. The summed E-state index contributed by atoms with van der Waals surface area (Å²) >= 11 is 0. The average molecular weight is 233 g/mol. The topological polar surface area (TPSA) is 86.0 Å². The van der Waals surface area contributed by atoms with E-state index >= 15 is 0 Å². The fourth-order valence-electron chi connectivity index (χ4n) is 1.47. The molecule has 2 N–H and O–H groups in total. The molecule has 17 heavy (non-hydrogen) atoms. The summed E-state index contributed by atoms with van der Waals surface area (Å²) in [6.45, 7) is 5.39. The maximum atomic E-state index is 11.1. The molecule has 1 heterocycles. The zero-order valence-electron chi connectivity index (χ0n) is 10.1. The lowest BCUT2D eigenvalue weighted by Gasteiger charge is -2.19. The van der Waals surface area contributed by atoms with Crippen molar-refractivity contribution < 1.29 is 9.90 Å². The van der Waals surface area contributed by atoms with Crippen LogP contribution in [0.3, 0.4) is 0 Å². The molecule has 0 fully saturated rings. The lowest BCUT2D eigenvalue weighted by Crippen LogP contribution is -2.34. The molecule has 90 valence electrons. The van der Waals surface area contributed by atoms with Gasteiger partial charge in [0.25, 0.3) is 0 Å². The van der Waals surface area contributed by atoms with Gasteiger partial charge in [-0.15, -0.1) is 0 Å². The van der Waals surface area contributed by atoms with Crippen molar-refractivity contribution in [2.75, 3.05) is 5.32 Å². The van der Waals surface area contributed by atoms with Crippen molar-refractivity contribution in [1.29, 1.82) is 5.26 Å². The van der Waals surface area contributed by atoms with Crippen LogP contribution in [0.15, 0.2) is 12.3 Å². The highest BCUT2D eigenvalue weighted by atomic mass is 16.4. The molecule has 0 aliphatic rings. The highest BCUT2D eigenvalue weighted by Gasteiger charge is 2.22. The molecule has 1 atom stereocenters. The Hall–Kier alpha value is -2.09. The lowest BCUT2D eigenvalue weighted by molar-refractivity contribution is -0.138. The Morgan fingerprint density at radius 2 is 2.24 bits per heavy atom. The van der Waals surface area contributed by atoms with Crippen molar-refractivity contribution in [3.63, 3.8) is 0 Å². The Labute approximate surface area is 100 Å². The second kappa shape index (κ2) is 5.30. The molecule has 5 heteroatoms. The number of aryl methyl sites for hydroxylation is 1. The van der Waals surface area contributed by atoms with E-state index in [0.717, 1.165) is 5.56 Å². The first-order chi connectivity index (χ1) is 7.97. The molecule has 0 aliphatic heterocycles. The molecule has 0 aromatic carbocycles. The summed E-state index contributed by atoms with van der Waals surface area (Å²) in [6.07, 6.45) is 1.55. The van der Waals surface area contributed by atoms with Crippen LogP contribution in [0, 0.1) is 24.2 Å². The van der Waals surface area contributed by atoms with Crippen molar-refractivity contribution in [2.24, 2.45) is 5.92 Å². The number of pyridine rings is 1. The van der Waals surface area contributed by atoms with E-state index in [0.29, 0.717) is 11.4 Å². The van der Waals surface area contributed by atoms with Gasteiger partial charge in [0.15, 0.2) is 0 Å². The van der Waals surface area contributed by atoms with E-state index in [2.05, 4.69) is 10.3 Å². The highest BCUT2D eigenvalue weighted by Crippen LogP contribution is 2.18. The largest absolute Gasteiger partial charge is 0.480 e. The van der Waals surface area contributed by atoms with Gasteiger partial charge in [-0.1, -0.05) is 13.8 Å². The minimum Gasteiger partial charge on any atom is -0.480 e. The van der Waals surface area contributed by atoms with Crippen LogP contribution in [-0.2, 0) is 4.79 Å². The summed E-state index contributed by atoms with van der Waals surface area (Å²) in [4.78, 5) is 15.1. The van der Waals surface area contributed by atoms with Gasteiger partial charge in [0.05, 0.1) is 5.56 Å². The smallest absolute Gasteiger partial charge is 0.326 e. The summed E-state index contributed by atoms with van der Waals surface area (Å²) in [7, 11) is 0. The SMILES string of the molecule is Cc1ccnc(N[C@H](C(=O)O)C(C)C)c1C#N. The molecule has 0 saturated carbocycles. The molecule has 1 rings (SSSR count). The first kappa shape index (κ1) is 13.0. The number of carboxylic acid groups (broad SMARTS) is 1. The number of nitrogens with zero attached hydrogens (tertiary/aromatic N) is 2. The molecule has 0 bridgehead atoms. The summed E-state index contributed by atoms with van der Waals surface area (Å²) in [5.41, 5.74) is 1.16. The quantitative estimate of drug-likeness (QED) is 0.827. The summed E-state index contributed by atoms with van der Waals surface area (Å²) < 4.78 is 0. The predicted octanol–water partition coefficient (Wildman–Crippen LogP) is 1.78. The monoisotopic (exact) mass is 233 g/mol. The summed E-state index contributed by atoms with van der Waals surface area (Å²) in [5.74, 6) is -0.720. The lowest BCUT2D eigenvalue weighted by atomic mass is 10.0. The fourth-order valence-corrected chi connectivity index (χ4v) is 1.47. The van der Waals surface area contributed by atoms with Gasteiger partial charge >= 0.3 is 5.97 Å². The van der Waals surface area contributed by atoms with Crippen LogP contribution in [0.2, 0.25) is 0 Å². The first-order valence-corrected chi connectivity index (χ1v) is 5.32. The minimum atomic E-state index is -0.952. The van der Waals surface area contributed by atoms with E-state index in [1.165, 1.54) is 0 Å². The number of nitriles is 1. The first-order valence-electron chi connectivity index (χ1n) is 5.32. The van der Waals surface area contributed by atoms with Gasteiger partial charge in [0.2, 0.25) is 0 Å². The van der Waals surface area contributed by atoms with Gasteiger partial charge in [-0.2, -0.15) is 5.26 Å². The molecule has 1 aromatic heterocycles. The minimum absolute atomic E-state index is 0.0960. The zero-order valence-corrected chi connectivity index (χ0v) is 10.1. The third-order valence-corrected chi connectivity index (χ3v) is 2.50. The van der Waals surface area contributed by atoms with Crippen LogP contribution < -0.4 is 5.32 Å². The molecular formula is C12H15N3O2. The number of aromatic nitrogens is 1. The van der Waals surface area contributed by atoms with Gasteiger partial charge in [-0.3, -0.25) is 0 Å².